The van der Waals surface area contributed by atoms with Crippen LogP contribution in [-0.2, 0) is 67.1 Å². The van der Waals surface area contributed by atoms with Crippen LogP contribution in [0, 0.1) is 0 Å². The van der Waals surface area contributed by atoms with Crippen LogP contribution >= 0.6 is 0 Å². The lowest BCUT2D eigenvalue weighted by Crippen LogP contribution is -2.55. The van der Waals surface area contributed by atoms with Crippen LogP contribution in [0.15, 0.2) is 84.0 Å². The van der Waals surface area contributed by atoms with Crippen LogP contribution in [0.2, 0.25) is 0 Å². The van der Waals surface area contributed by atoms with Crippen molar-refractivity contribution in [1.82, 2.24) is 37.3 Å². The summed E-state index contributed by atoms with van der Waals surface area (Å²) in [5.74, 6) is -10.6. The van der Waals surface area contributed by atoms with Gasteiger partial charge < -0.3 is 92.7 Å². The molecule has 0 radical (unpaired) electrons. The summed E-state index contributed by atoms with van der Waals surface area (Å²) in [7, 11) is 1.29. The second-order valence-electron chi connectivity index (χ2n) is 24.2. The highest BCUT2D eigenvalue weighted by molar-refractivity contribution is 6.31. The zero-order valence-electron chi connectivity index (χ0n) is 54.0. The summed E-state index contributed by atoms with van der Waals surface area (Å²) in [4.78, 5) is 143. The molecule has 1 saturated heterocycles. The summed E-state index contributed by atoms with van der Waals surface area (Å²) in [6.45, 7) is 0.904. The molecule has 31 nitrogen and oxygen atoms in total. The van der Waals surface area contributed by atoms with Gasteiger partial charge in [0.15, 0.2) is 12.1 Å². The number of hydrazone groups is 1. The van der Waals surface area contributed by atoms with Crippen LogP contribution in [0.3, 0.4) is 0 Å². The van der Waals surface area contributed by atoms with Gasteiger partial charge in [0.1, 0.15) is 47.0 Å². The average molecular weight is 1370 g/mol. The van der Waals surface area contributed by atoms with E-state index in [9.17, 15) is 88.5 Å². The number of nitrogens with two attached hydrogens (primary N) is 1. The molecule has 7 rings (SSSR count). The Morgan fingerprint density at radius 2 is 1.24 bits per heavy atom. The molecule has 4 aromatic rings. The van der Waals surface area contributed by atoms with Gasteiger partial charge in [-0.05, 0) is 62.6 Å². The number of benzene rings is 4. The fourth-order valence-corrected chi connectivity index (χ4v) is 11.8. The Bertz CT molecular complexity index is 3600. The minimum atomic E-state index is -2.39. The number of ether oxygens (including phenoxy) is 3. The zero-order chi connectivity index (χ0) is 71.4. The Morgan fingerprint density at radius 3 is 1.84 bits per heavy atom. The number of aromatic hydroxyl groups is 2. The topological polar surface area (TPSA) is 500 Å². The van der Waals surface area contributed by atoms with E-state index in [1.807, 2.05) is 0 Å². The molecule has 98 heavy (non-hydrogen) atoms. The third-order valence-electron chi connectivity index (χ3n) is 17.1. The second-order valence-corrected chi connectivity index (χ2v) is 24.2. The van der Waals surface area contributed by atoms with Gasteiger partial charge in [0.05, 0.1) is 54.4 Å². The van der Waals surface area contributed by atoms with Gasteiger partial charge in [-0.15, -0.1) is 0 Å². The molecular weight excluding hydrogens is 1280 g/mol. The number of phenolic OH excluding ortho intramolecular Hbond substituents is 2. The van der Waals surface area contributed by atoms with E-state index >= 15 is 0 Å². The smallest absolute Gasteiger partial charge is 0.326 e. The number of carboxylic acid groups (broad SMARTS) is 3. The number of hydrogen-bond donors (Lipinski definition) is 16. The van der Waals surface area contributed by atoms with Crippen molar-refractivity contribution >= 4 is 70.8 Å². The molecule has 0 spiro atoms. The Morgan fingerprint density at radius 1 is 0.663 bits per heavy atom. The number of nitrogens with zero attached hydrogens (tertiary/aromatic N) is 1. The number of carbonyl (C=O) groups excluding carboxylic acids is 8. The molecule has 1 heterocycles. The first-order chi connectivity index (χ1) is 46.7. The van der Waals surface area contributed by atoms with E-state index in [0.717, 1.165) is 0 Å². The lowest BCUT2D eigenvalue weighted by atomic mass is 9.71. The fourth-order valence-electron chi connectivity index (χ4n) is 11.8. The summed E-state index contributed by atoms with van der Waals surface area (Å²) in [6.07, 6.45) is -5.73. The number of aliphatic hydroxyl groups excluding tert-OH is 2. The fraction of sp³-hybridized carbons (Fsp3) is 0.463. The largest absolute Gasteiger partial charge is 0.507 e. The van der Waals surface area contributed by atoms with E-state index in [0.29, 0.717) is 36.8 Å². The molecule has 7 amide bonds. The summed E-state index contributed by atoms with van der Waals surface area (Å²) in [5, 5.41) is 105. The minimum Gasteiger partial charge on any atom is -0.507 e. The molecule has 2 aliphatic carbocycles. The maximum Gasteiger partial charge on any atom is 0.326 e. The SMILES string of the molecule is COc1cccc2c1C(=O)c1c(O)c3c(c(O)c1C2=O)C[C@@](O)(/C(CO)=N/NC(=O)[C@H](Cc1ccccc1)NC(=O)[C@H](Cc1ccccc1)NC(=O)CCC(=O)NCCCCCC(=O)NCCCC[C@H](NC(=O)N[C@@H](CCC(=O)O)C(=O)O)C(=O)O)C[C@@H]3O[C@H]1C[C@H](N)[C@H](O)[C@H](C)O1. The quantitative estimate of drug-likeness (QED) is 0.0117. The highest BCUT2D eigenvalue weighted by Crippen LogP contribution is 2.53. The van der Waals surface area contributed by atoms with Gasteiger partial charge in [-0.2, -0.15) is 5.10 Å². The number of methoxy groups -OCH3 is 1. The van der Waals surface area contributed by atoms with E-state index in [-0.39, 0.29) is 98.4 Å². The van der Waals surface area contributed by atoms with Gasteiger partial charge in [-0.25, -0.2) is 19.8 Å². The molecule has 31 heteroatoms. The number of nitrogens with one attached hydrogen (secondary N) is 7. The third kappa shape index (κ3) is 20.1. The van der Waals surface area contributed by atoms with E-state index in [2.05, 4.69) is 42.4 Å². The minimum absolute atomic E-state index is 0.0170. The summed E-state index contributed by atoms with van der Waals surface area (Å²) < 4.78 is 17.7. The number of ketones is 2. The lowest BCUT2D eigenvalue weighted by Gasteiger charge is -2.43. The summed E-state index contributed by atoms with van der Waals surface area (Å²) in [5.41, 5.74) is 4.87. The van der Waals surface area contributed by atoms with Crippen molar-refractivity contribution in [3.05, 3.63) is 123 Å². The lowest BCUT2D eigenvalue weighted by molar-refractivity contribution is -0.245. The standard InChI is InChI=1S/C67H83N9O22/c1-35-57(83)40(68)31-52(97-35)98-46-33-67(95,32-39-54(46)61(87)56-55(59(39)85)58(84)38-19-14-21-45(96-2)53(38)60(56)86)47(34-77)75-76-63(89)44(30-37-17-8-4-9-18-37)72-62(88)43(29-36-15-6-3-7-16-36)71-50(80)25-24-49(79)70-27-12-5-10-22-48(78)69-28-13-11-20-41(64(90)91)73-66(94)74-42(65(92)93)23-26-51(81)82/h3-4,6-9,14-19,21,35,40-44,46,52,57,77,83,85,87,95H,5,10-13,20,22-34,68H2,1-2H3,(H,69,78)(H,70,79)(H,71,80)(H,72,88)(H,76,89)(H,81,82)(H,90,91)(H,92,93)(H2,73,74,94)/b75-47+/t35-,40-,41-,42-,43-,44-,46-,52-,57+,67-/m0/s1. The first-order valence-corrected chi connectivity index (χ1v) is 32.0. The molecule has 4 aromatic carbocycles. The molecule has 17 N–H and O–H groups in total. The Labute approximate surface area is 562 Å². The molecule has 0 saturated carbocycles. The molecule has 3 aliphatic rings. The van der Waals surface area contributed by atoms with Crippen molar-refractivity contribution in [2.75, 3.05) is 26.8 Å². The number of fused-ring (bicyclic) bond motifs is 3. The molecule has 0 unspecified atom stereocenters. The number of carboxylic acids is 3. The van der Waals surface area contributed by atoms with Crippen LogP contribution in [-0.4, -0.2) is 193 Å². The van der Waals surface area contributed by atoms with E-state index < -0.39 is 180 Å². The zero-order valence-corrected chi connectivity index (χ0v) is 54.0. The van der Waals surface area contributed by atoms with E-state index in [4.69, 9.17) is 25.1 Å². The van der Waals surface area contributed by atoms with E-state index in [1.54, 1.807) is 60.7 Å². The highest BCUT2D eigenvalue weighted by atomic mass is 16.7. The van der Waals surface area contributed by atoms with Gasteiger partial charge in [-0.3, -0.25) is 38.4 Å². The monoisotopic (exact) mass is 1370 g/mol. The molecular formula is C67H83N9O22. The number of hydrogen-bond acceptors (Lipinski definition) is 21. The molecule has 1 fully saturated rings. The average Bonchev–Trinajstić information content (AvgIpc) is 0.711. The summed E-state index contributed by atoms with van der Waals surface area (Å²) >= 11 is 0. The number of rotatable bonds is 35. The molecule has 1 aliphatic heterocycles. The van der Waals surface area contributed by atoms with Crippen LogP contribution in [0.25, 0.3) is 0 Å². The maximum absolute atomic E-state index is 14.5. The molecule has 528 valence electrons. The van der Waals surface area contributed by atoms with Crippen molar-refractivity contribution in [3.63, 3.8) is 0 Å². The third-order valence-corrected chi connectivity index (χ3v) is 17.1. The molecule has 10 atom stereocenters. The van der Waals surface area contributed by atoms with Crippen LogP contribution in [0.1, 0.15) is 151 Å². The van der Waals surface area contributed by atoms with Crippen molar-refractivity contribution < 1.29 is 108 Å². The maximum atomic E-state index is 14.5. The number of phenols is 2. The van der Waals surface area contributed by atoms with Crippen molar-refractivity contribution in [1.29, 1.82) is 0 Å². The van der Waals surface area contributed by atoms with Gasteiger partial charge in [0.2, 0.25) is 29.4 Å². The van der Waals surface area contributed by atoms with Crippen LogP contribution in [0.5, 0.6) is 17.2 Å². The number of urea groups is 1. The Balaban J connectivity index is 0.954. The van der Waals surface area contributed by atoms with Crippen LogP contribution in [0.4, 0.5) is 4.79 Å². The Hall–Kier alpha value is -9.92. The Kier molecular flexibility index (Phi) is 27.2. The van der Waals surface area contributed by atoms with E-state index in [1.165, 1.54) is 32.2 Å². The predicted molar refractivity (Wildman–Crippen MR) is 345 cm³/mol. The van der Waals surface area contributed by atoms with Crippen molar-refractivity contribution in [2.45, 2.75) is 170 Å². The first kappa shape index (κ1) is 75.5. The number of aliphatic carboxylic acids is 3. The number of unbranched alkanes of at least 4 members (excludes halogenated alkanes) is 3. The summed E-state index contributed by atoms with van der Waals surface area (Å²) in [6, 6.07) is 13.7. The molecule has 0 bridgehead atoms. The van der Waals surface area contributed by atoms with Gasteiger partial charge in [0.25, 0.3) is 5.91 Å². The van der Waals surface area contributed by atoms with Crippen molar-refractivity contribution in [2.24, 2.45) is 10.8 Å². The molecule has 0 aromatic heterocycles. The second kappa shape index (κ2) is 35.4. The number of amides is 7. The van der Waals surface area contributed by atoms with Crippen molar-refractivity contribution in [3.8, 4) is 17.2 Å². The van der Waals surface area contributed by atoms with Gasteiger partial charge in [-0.1, -0.05) is 79.2 Å². The number of carbonyl (C=O) groups is 11. The van der Waals surface area contributed by atoms with Crippen LogP contribution < -0.4 is 47.8 Å². The predicted octanol–water partition coefficient (Wildman–Crippen LogP) is 1.17. The highest BCUT2D eigenvalue weighted by Gasteiger charge is 2.50. The van der Waals surface area contributed by atoms with Gasteiger partial charge in [0, 0.05) is 93.6 Å². The van der Waals surface area contributed by atoms with Gasteiger partial charge >= 0.3 is 23.9 Å². The first-order valence-electron chi connectivity index (χ1n) is 32.0. The normalized spacial score (nSPS) is 19.9. The number of aliphatic hydroxyl groups is 3.